The van der Waals surface area contributed by atoms with E-state index in [0.29, 0.717) is 6.42 Å². The second-order valence-electron chi connectivity index (χ2n) is 3.98. The molecule has 106 valence electrons. The monoisotopic (exact) mass is 294 g/mol. The predicted molar refractivity (Wildman–Crippen MR) is 77.4 cm³/mol. The fourth-order valence-corrected chi connectivity index (χ4v) is 1.94. The Bertz CT molecular complexity index is 556. The molecule has 1 aromatic carbocycles. The number of hydrogen-bond donors (Lipinski definition) is 2. The Labute approximate surface area is 120 Å². The summed E-state index contributed by atoms with van der Waals surface area (Å²) in [6.45, 7) is 0. The molecule has 1 aromatic rings. The fourth-order valence-electron chi connectivity index (χ4n) is 1.45. The molecule has 7 nitrogen and oxygen atoms in total. The number of nitrogens with two attached hydrogens (primary N) is 1. The molecule has 1 amide bonds. The maximum atomic E-state index is 11.8. The van der Waals surface area contributed by atoms with E-state index in [1.165, 1.54) is 12.1 Å². The summed E-state index contributed by atoms with van der Waals surface area (Å²) < 4.78 is 0. The maximum Gasteiger partial charge on any atom is 0.270 e. The highest BCUT2D eigenvalue weighted by molar-refractivity contribution is 7.98. The van der Waals surface area contributed by atoms with Gasteiger partial charge in [-0.15, -0.1) is 0 Å². The molecular formula is C12H14N4O3S. The Hall–Kier alpha value is -2.11. The second-order valence-corrected chi connectivity index (χ2v) is 4.96. The number of carbonyl (C=O) groups is 1. The van der Waals surface area contributed by atoms with E-state index in [4.69, 9.17) is 11.0 Å². The van der Waals surface area contributed by atoms with Gasteiger partial charge >= 0.3 is 0 Å². The van der Waals surface area contributed by atoms with Crippen molar-refractivity contribution in [2.45, 2.75) is 12.5 Å². The van der Waals surface area contributed by atoms with Gasteiger partial charge in [0.05, 0.1) is 22.2 Å². The number of benzene rings is 1. The number of rotatable bonds is 6. The Morgan fingerprint density at radius 2 is 2.35 bits per heavy atom. The Morgan fingerprint density at radius 3 is 2.90 bits per heavy atom. The summed E-state index contributed by atoms with van der Waals surface area (Å²) in [6, 6.07) is 4.81. The standard InChI is InChI=1S/C12H14N4O3S/c1-20-5-4-10(14)12(17)15-11-3-2-9(16(18)19)6-8(11)7-13/h2-3,6,10H,4-5,14H2,1H3,(H,15,17)/t10-/m0/s1. The van der Waals surface area contributed by atoms with Crippen LogP contribution in [0.4, 0.5) is 11.4 Å². The molecule has 1 rings (SSSR count). The highest BCUT2D eigenvalue weighted by atomic mass is 32.2. The summed E-state index contributed by atoms with van der Waals surface area (Å²) >= 11 is 1.58. The lowest BCUT2D eigenvalue weighted by Crippen LogP contribution is -2.36. The first kappa shape index (κ1) is 15.9. The van der Waals surface area contributed by atoms with Crippen molar-refractivity contribution in [1.29, 1.82) is 5.26 Å². The lowest BCUT2D eigenvalue weighted by Gasteiger charge is -2.12. The van der Waals surface area contributed by atoms with Gasteiger partial charge in [-0.2, -0.15) is 17.0 Å². The van der Waals surface area contributed by atoms with Gasteiger partial charge in [-0.3, -0.25) is 14.9 Å². The van der Waals surface area contributed by atoms with Gasteiger partial charge in [0.1, 0.15) is 6.07 Å². The average Bonchev–Trinajstić information content (AvgIpc) is 2.44. The number of thioether (sulfide) groups is 1. The van der Waals surface area contributed by atoms with E-state index in [0.717, 1.165) is 11.8 Å². The van der Waals surface area contributed by atoms with E-state index < -0.39 is 16.9 Å². The summed E-state index contributed by atoms with van der Waals surface area (Å²) in [5, 5.41) is 22.1. The number of nitriles is 1. The van der Waals surface area contributed by atoms with Crippen LogP contribution >= 0.6 is 11.8 Å². The maximum absolute atomic E-state index is 11.8. The molecule has 0 bridgehead atoms. The number of nitrogens with one attached hydrogen (secondary N) is 1. The first-order chi connectivity index (χ1) is 9.49. The summed E-state index contributed by atoms with van der Waals surface area (Å²) in [4.78, 5) is 21.8. The van der Waals surface area contributed by atoms with Crippen LogP contribution in [-0.2, 0) is 4.79 Å². The SMILES string of the molecule is CSCC[C@H](N)C(=O)Nc1ccc([N+](=O)[O-])cc1C#N. The molecule has 0 aliphatic carbocycles. The normalized spacial score (nSPS) is 11.4. The zero-order valence-corrected chi connectivity index (χ0v) is 11.6. The molecule has 0 aliphatic heterocycles. The van der Waals surface area contributed by atoms with E-state index in [2.05, 4.69) is 5.32 Å². The average molecular weight is 294 g/mol. The van der Waals surface area contributed by atoms with E-state index in [9.17, 15) is 14.9 Å². The lowest BCUT2D eigenvalue weighted by molar-refractivity contribution is -0.384. The summed E-state index contributed by atoms with van der Waals surface area (Å²) in [7, 11) is 0. The highest BCUT2D eigenvalue weighted by Crippen LogP contribution is 2.21. The van der Waals surface area contributed by atoms with Crippen molar-refractivity contribution in [3.05, 3.63) is 33.9 Å². The first-order valence-corrected chi connectivity index (χ1v) is 7.13. The minimum atomic E-state index is -0.677. The molecule has 0 unspecified atom stereocenters. The van der Waals surface area contributed by atoms with Crippen LogP contribution in [0.2, 0.25) is 0 Å². The van der Waals surface area contributed by atoms with Crippen LogP contribution in [0.1, 0.15) is 12.0 Å². The highest BCUT2D eigenvalue weighted by Gasteiger charge is 2.16. The number of anilines is 1. The van der Waals surface area contributed by atoms with Crippen molar-refractivity contribution >= 4 is 29.0 Å². The number of nitro benzene ring substituents is 1. The zero-order chi connectivity index (χ0) is 15.1. The molecule has 3 N–H and O–H groups in total. The summed E-state index contributed by atoms with van der Waals surface area (Å²) in [5.41, 5.74) is 5.76. The van der Waals surface area contributed by atoms with E-state index in [1.54, 1.807) is 11.8 Å². The number of amides is 1. The Balaban J connectivity index is 2.85. The van der Waals surface area contributed by atoms with Crippen LogP contribution in [0.5, 0.6) is 0 Å². The van der Waals surface area contributed by atoms with Gasteiger partial charge in [0.15, 0.2) is 0 Å². The third-order valence-corrected chi connectivity index (χ3v) is 3.21. The third kappa shape index (κ3) is 4.22. The van der Waals surface area contributed by atoms with Gasteiger partial charge in [0.2, 0.25) is 5.91 Å². The number of hydrogen-bond acceptors (Lipinski definition) is 6. The smallest absolute Gasteiger partial charge is 0.270 e. The Morgan fingerprint density at radius 1 is 1.65 bits per heavy atom. The van der Waals surface area contributed by atoms with E-state index in [1.807, 2.05) is 12.3 Å². The van der Waals surface area contributed by atoms with Crippen molar-refractivity contribution in [1.82, 2.24) is 0 Å². The molecule has 0 saturated heterocycles. The van der Waals surface area contributed by atoms with Gasteiger partial charge in [-0.1, -0.05) is 0 Å². The first-order valence-electron chi connectivity index (χ1n) is 5.73. The number of nitro groups is 1. The van der Waals surface area contributed by atoms with Gasteiger partial charge in [0, 0.05) is 12.1 Å². The zero-order valence-electron chi connectivity index (χ0n) is 10.8. The fraction of sp³-hybridized carbons (Fsp3) is 0.333. The van der Waals surface area contributed by atoms with Crippen LogP contribution in [-0.4, -0.2) is 28.9 Å². The van der Waals surface area contributed by atoms with Gasteiger partial charge in [-0.05, 0) is 24.5 Å². The molecule has 20 heavy (non-hydrogen) atoms. The summed E-state index contributed by atoms with van der Waals surface area (Å²) in [6.07, 6.45) is 2.43. The second kappa shape index (κ2) is 7.47. The van der Waals surface area contributed by atoms with Crippen molar-refractivity contribution in [2.75, 3.05) is 17.3 Å². The molecule has 0 fully saturated rings. The Kier molecular flexibility index (Phi) is 5.96. The lowest BCUT2D eigenvalue weighted by atomic mass is 10.1. The summed E-state index contributed by atoms with van der Waals surface area (Å²) in [5.74, 6) is 0.337. The molecule has 0 radical (unpaired) electrons. The van der Waals surface area contributed by atoms with E-state index >= 15 is 0 Å². The minimum absolute atomic E-state index is 0.0321. The van der Waals surface area contributed by atoms with Gasteiger partial charge in [-0.25, -0.2) is 0 Å². The van der Waals surface area contributed by atoms with Crippen LogP contribution in [0, 0.1) is 21.4 Å². The number of carbonyl (C=O) groups excluding carboxylic acids is 1. The predicted octanol–water partition coefficient (Wildman–Crippen LogP) is 1.49. The van der Waals surface area contributed by atoms with E-state index in [-0.39, 0.29) is 16.9 Å². The molecule has 0 aliphatic rings. The van der Waals surface area contributed by atoms with Crippen LogP contribution in [0.25, 0.3) is 0 Å². The van der Waals surface area contributed by atoms with Crippen molar-refractivity contribution in [3.63, 3.8) is 0 Å². The van der Waals surface area contributed by atoms with Crippen molar-refractivity contribution in [3.8, 4) is 6.07 Å². The topological polar surface area (TPSA) is 122 Å². The van der Waals surface area contributed by atoms with Gasteiger partial charge in [0.25, 0.3) is 5.69 Å². The number of nitrogens with zero attached hydrogens (tertiary/aromatic N) is 2. The third-order valence-electron chi connectivity index (χ3n) is 2.56. The van der Waals surface area contributed by atoms with Crippen molar-refractivity contribution in [2.24, 2.45) is 5.73 Å². The number of non-ortho nitro benzene ring substituents is 1. The van der Waals surface area contributed by atoms with Crippen LogP contribution in [0.15, 0.2) is 18.2 Å². The molecule has 0 aromatic heterocycles. The molecule has 0 spiro atoms. The van der Waals surface area contributed by atoms with Crippen molar-refractivity contribution < 1.29 is 9.72 Å². The molecular weight excluding hydrogens is 280 g/mol. The largest absolute Gasteiger partial charge is 0.324 e. The van der Waals surface area contributed by atoms with Crippen LogP contribution in [0.3, 0.4) is 0 Å². The molecule has 0 saturated carbocycles. The molecule has 8 heteroatoms. The minimum Gasteiger partial charge on any atom is -0.324 e. The molecule has 0 heterocycles. The van der Waals surface area contributed by atoms with Crippen LogP contribution < -0.4 is 11.1 Å². The van der Waals surface area contributed by atoms with Gasteiger partial charge < -0.3 is 11.1 Å². The quantitative estimate of drug-likeness (QED) is 0.605. The molecule has 1 atom stereocenters.